The van der Waals surface area contributed by atoms with Gasteiger partial charge in [-0.2, -0.15) is 0 Å². The number of carbonyl (C=O) groups is 1. The molecule has 0 bridgehead atoms. The predicted molar refractivity (Wildman–Crippen MR) is 90.5 cm³/mol. The van der Waals surface area contributed by atoms with Gasteiger partial charge >= 0.3 is 0 Å². The maximum absolute atomic E-state index is 12.5. The normalized spacial score (nSPS) is 50.9. The number of Topliss-reactive ketones (excluding diaryl/α,β-unsaturated/α-hetero) is 1. The number of hydrogen-bond donors (Lipinski definition) is 0. The lowest BCUT2D eigenvalue weighted by molar-refractivity contribution is -0.131. The van der Waals surface area contributed by atoms with E-state index in [1.807, 2.05) is 5.57 Å². The van der Waals surface area contributed by atoms with Gasteiger partial charge in [0.15, 0.2) is 0 Å². The highest BCUT2D eigenvalue weighted by Crippen LogP contribution is 2.64. The smallest absolute Gasteiger partial charge is 0.139 e. The van der Waals surface area contributed by atoms with Gasteiger partial charge in [0.1, 0.15) is 5.78 Å². The minimum absolute atomic E-state index is 0.0295. The standard InChI is InChI=1S/C21H32O/c1-4-14-6-5-12-20(2)16(14)8-7-15-17-9-10-19(22)21(17,3)13-11-18(15)20/h8,14-15,17-18H,4-7,9-13H2,1-3H3/t14?,15-,17-,18-,20-,21-/m0/s1. The van der Waals surface area contributed by atoms with E-state index in [9.17, 15) is 4.79 Å². The summed E-state index contributed by atoms with van der Waals surface area (Å²) in [6.45, 7) is 7.24. The summed E-state index contributed by atoms with van der Waals surface area (Å²) in [6.07, 6.45) is 13.9. The first-order chi connectivity index (χ1) is 10.5. The van der Waals surface area contributed by atoms with Crippen molar-refractivity contribution in [2.24, 2.45) is 34.5 Å². The molecule has 3 saturated carbocycles. The van der Waals surface area contributed by atoms with Crippen molar-refractivity contribution in [3.63, 3.8) is 0 Å². The molecule has 0 aromatic carbocycles. The first-order valence-electron chi connectivity index (χ1n) is 9.74. The Bertz CT molecular complexity index is 518. The molecule has 0 saturated heterocycles. The van der Waals surface area contributed by atoms with Crippen LogP contribution in [0.2, 0.25) is 0 Å². The Morgan fingerprint density at radius 1 is 1.09 bits per heavy atom. The van der Waals surface area contributed by atoms with Crippen LogP contribution in [-0.2, 0) is 4.79 Å². The third-order valence-electron chi connectivity index (χ3n) is 8.42. The van der Waals surface area contributed by atoms with Crippen molar-refractivity contribution < 1.29 is 4.79 Å². The lowest BCUT2D eigenvalue weighted by atomic mass is 9.47. The Kier molecular flexibility index (Phi) is 3.37. The molecule has 4 aliphatic carbocycles. The predicted octanol–water partition coefficient (Wildman–Crippen LogP) is 5.54. The molecule has 1 unspecified atom stereocenters. The molecule has 0 spiro atoms. The SMILES string of the molecule is CCC1CCC[C@@]2(C)C1=CC[C@@H]1[C@@H]2CC[C@]2(C)C(=O)CC[C@@H]12. The average Bonchev–Trinajstić information content (AvgIpc) is 2.81. The molecule has 0 radical (unpaired) electrons. The van der Waals surface area contributed by atoms with Gasteiger partial charge in [-0.05, 0) is 74.0 Å². The zero-order chi connectivity index (χ0) is 15.5. The summed E-state index contributed by atoms with van der Waals surface area (Å²) >= 11 is 0. The lowest BCUT2D eigenvalue weighted by Gasteiger charge is -2.57. The Balaban J connectivity index is 1.71. The number of allylic oxidation sites excluding steroid dienone is 2. The van der Waals surface area contributed by atoms with E-state index in [1.54, 1.807) is 0 Å². The van der Waals surface area contributed by atoms with E-state index >= 15 is 0 Å². The number of hydrogen-bond acceptors (Lipinski definition) is 1. The van der Waals surface area contributed by atoms with Crippen molar-refractivity contribution in [3.8, 4) is 0 Å². The second-order valence-corrected chi connectivity index (χ2v) is 9.10. The molecule has 6 atom stereocenters. The molecule has 1 heteroatoms. The van der Waals surface area contributed by atoms with Crippen molar-refractivity contribution in [1.29, 1.82) is 0 Å². The highest BCUT2D eigenvalue weighted by molar-refractivity contribution is 5.87. The van der Waals surface area contributed by atoms with Gasteiger partial charge in [-0.15, -0.1) is 0 Å². The van der Waals surface area contributed by atoms with Crippen molar-refractivity contribution in [2.75, 3.05) is 0 Å². The topological polar surface area (TPSA) is 17.1 Å². The quantitative estimate of drug-likeness (QED) is 0.581. The number of ketones is 1. The number of fused-ring (bicyclic) bond motifs is 5. The van der Waals surface area contributed by atoms with Gasteiger partial charge in [0.2, 0.25) is 0 Å². The van der Waals surface area contributed by atoms with Crippen LogP contribution in [0.1, 0.15) is 78.6 Å². The number of rotatable bonds is 1. The van der Waals surface area contributed by atoms with E-state index in [4.69, 9.17) is 0 Å². The largest absolute Gasteiger partial charge is 0.299 e. The summed E-state index contributed by atoms with van der Waals surface area (Å²) in [5, 5.41) is 0. The van der Waals surface area contributed by atoms with E-state index in [0.717, 1.165) is 30.6 Å². The van der Waals surface area contributed by atoms with Gasteiger partial charge in [-0.1, -0.05) is 38.8 Å². The van der Waals surface area contributed by atoms with Gasteiger partial charge in [-0.3, -0.25) is 4.79 Å². The van der Waals surface area contributed by atoms with Crippen molar-refractivity contribution >= 4 is 5.78 Å². The third-order valence-corrected chi connectivity index (χ3v) is 8.42. The highest BCUT2D eigenvalue weighted by atomic mass is 16.1. The van der Waals surface area contributed by atoms with Crippen LogP contribution >= 0.6 is 0 Å². The van der Waals surface area contributed by atoms with Crippen LogP contribution in [0, 0.1) is 34.5 Å². The highest BCUT2D eigenvalue weighted by Gasteiger charge is 2.58. The van der Waals surface area contributed by atoms with Gasteiger partial charge in [0.25, 0.3) is 0 Å². The van der Waals surface area contributed by atoms with Crippen molar-refractivity contribution in [2.45, 2.75) is 78.6 Å². The maximum atomic E-state index is 12.5. The zero-order valence-corrected chi connectivity index (χ0v) is 14.7. The zero-order valence-electron chi connectivity index (χ0n) is 14.7. The minimum Gasteiger partial charge on any atom is -0.299 e. The van der Waals surface area contributed by atoms with Gasteiger partial charge in [-0.25, -0.2) is 0 Å². The van der Waals surface area contributed by atoms with Crippen LogP contribution in [0.15, 0.2) is 11.6 Å². The van der Waals surface area contributed by atoms with Gasteiger partial charge in [0.05, 0.1) is 0 Å². The maximum Gasteiger partial charge on any atom is 0.139 e. The lowest BCUT2D eigenvalue weighted by Crippen LogP contribution is -2.50. The first kappa shape index (κ1) is 15.0. The molecular weight excluding hydrogens is 268 g/mol. The monoisotopic (exact) mass is 300 g/mol. The summed E-state index contributed by atoms with van der Waals surface area (Å²) in [5.74, 6) is 3.74. The summed E-state index contributed by atoms with van der Waals surface area (Å²) in [4.78, 5) is 12.5. The molecule has 0 aromatic heterocycles. The number of carbonyl (C=O) groups excluding carboxylic acids is 1. The molecule has 0 aliphatic heterocycles. The van der Waals surface area contributed by atoms with Crippen molar-refractivity contribution in [1.82, 2.24) is 0 Å². The fraction of sp³-hybridized carbons (Fsp3) is 0.857. The van der Waals surface area contributed by atoms with Crippen LogP contribution in [0.4, 0.5) is 0 Å². The molecule has 4 aliphatic rings. The summed E-state index contributed by atoms with van der Waals surface area (Å²) < 4.78 is 0. The van der Waals surface area contributed by atoms with Crippen LogP contribution in [0.5, 0.6) is 0 Å². The molecule has 0 amide bonds. The Labute approximate surface area is 135 Å². The minimum atomic E-state index is 0.0295. The molecule has 4 rings (SSSR count). The van der Waals surface area contributed by atoms with Crippen LogP contribution in [0.25, 0.3) is 0 Å². The summed E-state index contributed by atoms with van der Waals surface area (Å²) in [7, 11) is 0. The molecule has 122 valence electrons. The molecule has 0 N–H and O–H groups in total. The van der Waals surface area contributed by atoms with E-state index < -0.39 is 0 Å². The van der Waals surface area contributed by atoms with E-state index in [2.05, 4.69) is 26.8 Å². The Morgan fingerprint density at radius 2 is 1.86 bits per heavy atom. The molecule has 0 heterocycles. The van der Waals surface area contributed by atoms with Crippen molar-refractivity contribution in [3.05, 3.63) is 11.6 Å². The van der Waals surface area contributed by atoms with Gasteiger partial charge in [0, 0.05) is 11.8 Å². The van der Waals surface area contributed by atoms with Gasteiger partial charge < -0.3 is 0 Å². The molecule has 22 heavy (non-hydrogen) atoms. The fourth-order valence-electron chi connectivity index (χ4n) is 7.15. The molecule has 1 nitrogen and oxygen atoms in total. The molecule has 0 aromatic rings. The van der Waals surface area contributed by atoms with Crippen LogP contribution in [0.3, 0.4) is 0 Å². The Morgan fingerprint density at radius 3 is 2.64 bits per heavy atom. The fourth-order valence-corrected chi connectivity index (χ4v) is 7.15. The average molecular weight is 300 g/mol. The van der Waals surface area contributed by atoms with E-state index in [1.165, 1.54) is 44.9 Å². The third kappa shape index (κ3) is 1.80. The van der Waals surface area contributed by atoms with Crippen LogP contribution < -0.4 is 0 Å². The summed E-state index contributed by atoms with van der Waals surface area (Å²) in [5.41, 5.74) is 2.30. The van der Waals surface area contributed by atoms with E-state index in [-0.39, 0.29) is 5.41 Å². The molecular formula is C21H32O. The van der Waals surface area contributed by atoms with Crippen LogP contribution in [-0.4, -0.2) is 5.78 Å². The van der Waals surface area contributed by atoms with E-state index in [0.29, 0.717) is 17.1 Å². The summed E-state index contributed by atoms with van der Waals surface area (Å²) in [6, 6.07) is 0. The second-order valence-electron chi connectivity index (χ2n) is 9.10. The first-order valence-corrected chi connectivity index (χ1v) is 9.74. The molecule has 3 fully saturated rings. The Hall–Kier alpha value is -0.590. The second kappa shape index (κ2) is 4.95.